The molecule has 4 heteroatoms. The van der Waals surface area contributed by atoms with Crippen molar-refractivity contribution >= 4 is 5.91 Å². The van der Waals surface area contributed by atoms with E-state index in [1.165, 1.54) is 38.5 Å². The maximum Gasteiger partial charge on any atom is 0.225 e. The molecule has 1 aliphatic heterocycles. The molecular weight excluding hydrogens is 240 g/mol. The molecule has 0 bridgehead atoms. The highest BCUT2D eigenvalue weighted by molar-refractivity contribution is 5.78. The minimum atomic E-state index is 0.0756. The van der Waals surface area contributed by atoms with Crippen LogP contribution in [-0.4, -0.2) is 38.3 Å². The minimum Gasteiger partial charge on any atom is -0.381 e. The van der Waals surface area contributed by atoms with Gasteiger partial charge < -0.3 is 15.4 Å². The fraction of sp³-hybridized carbons (Fsp3) is 0.933. The third-order valence-corrected chi connectivity index (χ3v) is 4.24. The van der Waals surface area contributed by atoms with Crippen LogP contribution in [0.5, 0.6) is 0 Å². The lowest BCUT2D eigenvalue weighted by molar-refractivity contribution is -0.128. The van der Waals surface area contributed by atoms with E-state index in [4.69, 9.17) is 4.74 Å². The highest BCUT2D eigenvalue weighted by Gasteiger charge is 2.21. The van der Waals surface area contributed by atoms with Gasteiger partial charge in [-0.05, 0) is 25.7 Å². The number of amides is 1. The van der Waals surface area contributed by atoms with E-state index in [1.807, 2.05) is 0 Å². The van der Waals surface area contributed by atoms with Gasteiger partial charge in [0.05, 0.1) is 12.5 Å². The van der Waals surface area contributed by atoms with Crippen LogP contribution >= 0.6 is 0 Å². The molecule has 1 saturated heterocycles. The predicted molar refractivity (Wildman–Crippen MR) is 76.0 cm³/mol. The first-order valence-electron chi connectivity index (χ1n) is 7.95. The van der Waals surface area contributed by atoms with E-state index in [2.05, 4.69) is 10.6 Å². The van der Waals surface area contributed by atoms with Gasteiger partial charge in [-0.15, -0.1) is 0 Å². The summed E-state index contributed by atoms with van der Waals surface area (Å²) in [5.41, 5.74) is 0. The predicted octanol–water partition coefficient (Wildman–Crippen LogP) is 1.84. The fourth-order valence-electron chi connectivity index (χ4n) is 3.04. The van der Waals surface area contributed by atoms with Crippen LogP contribution in [0.25, 0.3) is 0 Å². The Morgan fingerprint density at radius 3 is 2.47 bits per heavy atom. The summed E-state index contributed by atoms with van der Waals surface area (Å²) >= 11 is 0. The lowest BCUT2D eigenvalue weighted by Gasteiger charge is -2.22. The topological polar surface area (TPSA) is 50.4 Å². The summed E-state index contributed by atoms with van der Waals surface area (Å²) in [6.07, 6.45) is 10.1. The summed E-state index contributed by atoms with van der Waals surface area (Å²) in [7, 11) is 0. The average Bonchev–Trinajstić information content (AvgIpc) is 2.73. The van der Waals surface area contributed by atoms with Crippen molar-refractivity contribution < 1.29 is 9.53 Å². The van der Waals surface area contributed by atoms with Gasteiger partial charge in [0.1, 0.15) is 0 Å². The molecule has 2 N–H and O–H groups in total. The Hall–Kier alpha value is -0.610. The second-order valence-corrected chi connectivity index (χ2v) is 5.85. The molecule has 1 heterocycles. The van der Waals surface area contributed by atoms with Gasteiger partial charge in [0.2, 0.25) is 5.91 Å². The van der Waals surface area contributed by atoms with Crippen LogP contribution < -0.4 is 10.6 Å². The number of rotatable bonds is 5. The highest BCUT2D eigenvalue weighted by Crippen LogP contribution is 2.17. The first-order valence-corrected chi connectivity index (χ1v) is 7.95. The molecule has 1 amide bonds. The Kier molecular flexibility index (Phi) is 6.65. The number of carbonyl (C=O) groups is 1. The number of carbonyl (C=O) groups excluding carboxylic acids is 1. The molecule has 1 atom stereocenters. The summed E-state index contributed by atoms with van der Waals surface area (Å²) in [4.78, 5) is 11.9. The van der Waals surface area contributed by atoms with Gasteiger partial charge in [0, 0.05) is 25.7 Å². The van der Waals surface area contributed by atoms with Crippen LogP contribution in [0.1, 0.15) is 51.4 Å². The number of ether oxygens (including phenoxy) is 1. The monoisotopic (exact) mass is 268 g/mol. The molecule has 2 fully saturated rings. The highest BCUT2D eigenvalue weighted by atomic mass is 16.5. The van der Waals surface area contributed by atoms with E-state index in [-0.39, 0.29) is 11.8 Å². The third kappa shape index (κ3) is 5.49. The molecule has 4 nitrogen and oxygen atoms in total. The molecule has 2 rings (SSSR count). The van der Waals surface area contributed by atoms with Crippen molar-refractivity contribution in [2.45, 2.75) is 57.4 Å². The lowest BCUT2D eigenvalue weighted by atomic mass is 10.0. The Morgan fingerprint density at radius 2 is 1.79 bits per heavy atom. The first-order chi connectivity index (χ1) is 9.36. The second kappa shape index (κ2) is 8.54. The van der Waals surface area contributed by atoms with E-state index in [0.717, 1.165) is 32.5 Å². The van der Waals surface area contributed by atoms with E-state index < -0.39 is 0 Å². The van der Waals surface area contributed by atoms with Crippen LogP contribution in [0.15, 0.2) is 0 Å². The van der Waals surface area contributed by atoms with Crippen molar-refractivity contribution in [3.63, 3.8) is 0 Å². The van der Waals surface area contributed by atoms with Gasteiger partial charge in [-0.2, -0.15) is 0 Å². The van der Waals surface area contributed by atoms with E-state index >= 15 is 0 Å². The molecule has 110 valence electrons. The van der Waals surface area contributed by atoms with Crippen LogP contribution in [0.3, 0.4) is 0 Å². The van der Waals surface area contributed by atoms with Crippen molar-refractivity contribution in [3.05, 3.63) is 0 Å². The summed E-state index contributed by atoms with van der Waals surface area (Å²) in [6, 6.07) is 0.664. The number of hydrogen-bond donors (Lipinski definition) is 2. The van der Waals surface area contributed by atoms with Crippen LogP contribution in [-0.2, 0) is 9.53 Å². The summed E-state index contributed by atoms with van der Waals surface area (Å²) in [6.45, 7) is 3.05. The van der Waals surface area contributed by atoms with Gasteiger partial charge in [0.25, 0.3) is 0 Å². The maximum absolute atomic E-state index is 11.9. The normalized spacial score (nSPS) is 25.8. The van der Waals surface area contributed by atoms with Gasteiger partial charge in [-0.3, -0.25) is 4.79 Å². The second-order valence-electron chi connectivity index (χ2n) is 5.85. The fourth-order valence-corrected chi connectivity index (χ4v) is 3.04. The quantitative estimate of drug-likeness (QED) is 0.591. The minimum absolute atomic E-state index is 0.0756. The SMILES string of the molecule is O=C(NCCNC1CCCCCC1)[C@@H]1CCCOC1. The van der Waals surface area contributed by atoms with Crippen LogP contribution in [0.2, 0.25) is 0 Å². The zero-order valence-corrected chi connectivity index (χ0v) is 12.0. The number of nitrogens with one attached hydrogen (secondary N) is 2. The zero-order valence-electron chi connectivity index (χ0n) is 12.0. The molecule has 2 aliphatic rings. The van der Waals surface area contributed by atoms with Crippen LogP contribution in [0.4, 0.5) is 0 Å². The molecule has 0 aromatic carbocycles. The van der Waals surface area contributed by atoms with Crippen LogP contribution in [0, 0.1) is 5.92 Å². The van der Waals surface area contributed by atoms with Gasteiger partial charge >= 0.3 is 0 Å². The molecule has 19 heavy (non-hydrogen) atoms. The summed E-state index contributed by atoms with van der Waals surface area (Å²) in [5.74, 6) is 0.244. The lowest BCUT2D eigenvalue weighted by Crippen LogP contribution is -2.40. The standard InChI is InChI=1S/C15H28N2O2/c18-15(13-6-5-11-19-12-13)17-10-9-16-14-7-3-1-2-4-8-14/h13-14,16H,1-12H2,(H,17,18)/t13-/m1/s1. The maximum atomic E-state index is 11.9. The largest absolute Gasteiger partial charge is 0.381 e. The van der Waals surface area contributed by atoms with Crippen molar-refractivity contribution in [2.75, 3.05) is 26.3 Å². The molecule has 0 spiro atoms. The third-order valence-electron chi connectivity index (χ3n) is 4.24. The zero-order chi connectivity index (χ0) is 13.3. The number of hydrogen-bond acceptors (Lipinski definition) is 3. The van der Waals surface area contributed by atoms with Crippen molar-refractivity contribution in [2.24, 2.45) is 5.92 Å². The van der Waals surface area contributed by atoms with E-state index in [9.17, 15) is 4.79 Å². The van der Waals surface area contributed by atoms with E-state index in [0.29, 0.717) is 12.6 Å². The average molecular weight is 268 g/mol. The molecular formula is C15H28N2O2. The molecule has 0 aromatic rings. The van der Waals surface area contributed by atoms with E-state index in [1.54, 1.807) is 0 Å². The molecule has 1 saturated carbocycles. The van der Waals surface area contributed by atoms with Gasteiger partial charge in [-0.25, -0.2) is 0 Å². The molecule has 1 aliphatic carbocycles. The smallest absolute Gasteiger partial charge is 0.225 e. The van der Waals surface area contributed by atoms with Crippen molar-refractivity contribution in [1.29, 1.82) is 0 Å². The Bertz CT molecular complexity index is 257. The van der Waals surface area contributed by atoms with Gasteiger partial charge in [0.15, 0.2) is 0 Å². The first kappa shape index (κ1) is 14.8. The summed E-state index contributed by atoms with van der Waals surface area (Å²) < 4.78 is 5.34. The molecule has 0 aromatic heterocycles. The van der Waals surface area contributed by atoms with Crippen molar-refractivity contribution in [3.8, 4) is 0 Å². The Balaban J connectivity index is 1.54. The van der Waals surface area contributed by atoms with Crippen molar-refractivity contribution in [1.82, 2.24) is 10.6 Å². The Labute approximate surface area is 116 Å². The molecule has 0 unspecified atom stereocenters. The van der Waals surface area contributed by atoms with Gasteiger partial charge in [-0.1, -0.05) is 25.7 Å². The Morgan fingerprint density at radius 1 is 1.00 bits per heavy atom. The summed E-state index contributed by atoms with van der Waals surface area (Å²) in [5, 5.41) is 6.60. The molecule has 0 radical (unpaired) electrons.